The van der Waals surface area contributed by atoms with E-state index in [9.17, 15) is 9.59 Å². The summed E-state index contributed by atoms with van der Waals surface area (Å²) in [5, 5.41) is 2.31. The maximum absolute atomic E-state index is 12.9. The molecule has 0 spiro atoms. The lowest BCUT2D eigenvalue weighted by Gasteiger charge is -2.37. The number of nitrogens with two attached hydrogens (primary N) is 1. The van der Waals surface area contributed by atoms with Gasteiger partial charge in [0.15, 0.2) is 0 Å². The molecule has 2 bridgehead atoms. The fourth-order valence-corrected chi connectivity index (χ4v) is 4.63. The zero-order chi connectivity index (χ0) is 16.6. The molecule has 0 aromatic carbocycles. The van der Waals surface area contributed by atoms with Gasteiger partial charge in [-0.2, -0.15) is 0 Å². The predicted molar refractivity (Wildman–Crippen MR) is 84.3 cm³/mol. The summed E-state index contributed by atoms with van der Waals surface area (Å²) >= 11 is 0. The molecule has 1 heterocycles. The SMILES string of the molecule is COC(=O)C1C2C=CC(C2)C1C(=O)OC(C)(C)C1CC[NH2+]CC1. The van der Waals surface area contributed by atoms with Gasteiger partial charge in [-0.3, -0.25) is 9.59 Å². The Morgan fingerprint density at radius 1 is 1.04 bits per heavy atom. The van der Waals surface area contributed by atoms with Crippen molar-refractivity contribution in [2.75, 3.05) is 20.2 Å². The molecular weight excluding hydrogens is 294 g/mol. The first kappa shape index (κ1) is 16.5. The summed E-state index contributed by atoms with van der Waals surface area (Å²) in [6.07, 6.45) is 7.11. The van der Waals surface area contributed by atoms with Crippen LogP contribution in [0.5, 0.6) is 0 Å². The molecule has 0 amide bonds. The minimum Gasteiger partial charge on any atom is -0.469 e. The second kappa shape index (κ2) is 6.27. The van der Waals surface area contributed by atoms with Crippen molar-refractivity contribution in [3.8, 4) is 0 Å². The minimum atomic E-state index is -0.475. The maximum Gasteiger partial charge on any atom is 0.310 e. The zero-order valence-electron chi connectivity index (χ0n) is 14.3. The van der Waals surface area contributed by atoms with Gasteiger partial charge in [0.05, 0.1) is 32.0 Å². The van der Waals surface area contributed by atoms with Gasteiger partial charge in [0.1, 0.15) is 5.60 Å². The summed E-state index contributed by atoms with van der Waals surface area (Å²) in [6.45, 7) is 6.20. The van der Waals surface area contributed by atoms with Crippen LogP contribution in [-0.2, 0) is 19.1 Å². The lowest BCUT2D eigenvalue weighted by molar-refractivity contribution is -0.665. The molecule has 1 saturated heterocycles. The smallest absolute Gasteiger partial charge is 0.310 e. The van der Waals surface area contributed by atoms with Gasteiger partial charge >= 0.3 is 11.9 Å². The molecule has 23 heavy (non-hydrogen) atoms. The molecule has 5 nitrogen and oxygen atoms in total. The number of piperidine rings is 1. The van der Waals surface area contributed by atoms with Crippen LogP contribution < -0.4 is 5.32 Å². The van der Waals surface area contributed by atoms with Gasteiger partial charge in [-0.1, -0.05) is 12.2 Å². The number of carbonyl (C=O) groups is 2. The molecule has 3 rings (SSSR count). The maximum atomic E-state index is 12.9. The van der Waals surface area contributed by atoms with E-state index in [0.717, 1.165) is 32.4 Å². The van der Waals surface area contributed by atoms with E-state index in [0.29, 0.717) is 5.92 Å². The number of quaternary nitrogens is 1. The number of esters is 2. The summed E-state index contributed by atoms with van der Waals surface area (Å²) in [4.78, 5) is 25.0. The highest BCUT2D eigenvalue weighted by Gasteiger charge is 2.54. The summed E-state index contributed by atoms with van der Waals surface area (Å²) in [5.41, 5.74) is -0.475. The third kappa shape index (κ3) is 3.03. The van der Waals surface area contributed by atoms with E-state index in [2.05, 4.69) is 17.5 Å². The Kier molecular flexibility index (Phi) is 4.50. The largest absolute Gasteiger partial charge is 0.469 e. The summed E-state index contributed by atoms with van der Waals surface area (Å²) in [7, 11) is 1.39. The van der Waals surface area contributed by atoms with E-state index in [1.807, 2.05) is 13.8 Å². The first-order valence-corrected chi connectivity index (χ1v) is 8.74. The van der Waals surface area contributed by atoms with Gasteiger partial charge in [0, 0.05) is 18.8 Å². The number of allylic oxidation sites excluding steroid dienone is 2. The highest BCUT2D eigenvalue weighted by molar-refractivity contribution is 5.84. The summed E-state index contributed by atoms with van der Waals surface area (Å²) < 4.78 is 10.9. The molecule has 0 radical (unpaired) electrons. The number of fused-ring (bicyclic) bond motifs is 2. The van der Waals surface area contributed by atoms with Crippen LogP contribution >= 0.6 is 0 Å². The highest BCUT2D eigenvalue weighted by atomic mass is 16.6. The average Bonchev–Trinajstić information content (AvgIpc) is 3.15. The van der Waals surface area contributed by atoms with Crippen molar-refractivity contribution in [1.82, 2.24) is 0 Å². The molecule has 2 aliphatic carbocycles. The fraction of sp³-hybridized carbons (Fsp3) is 0.778. The van der Waals surface area contributed by atoms with Crippen molar-refractivity contribution in [3.05, 3.63) is 12.2 Å². The Hall–Kier alpha value is -1.36. The molecule has 4 atom stereocenters. The topological polar surface area (TPSA) is 69.2 Å². The number of hydrogen-bond donors (Lipinski definition) is 1. The molecular formula is C18H28NO4+. The van der Waals surface area contributed by atoms with Gasteiger partial charge in [-0.15, -0.1) is 0 Å². The van der Waals surface area contributed by atoms with E-state index in [1.165, 1.54) is 7.11 Å². The highest BCUT2D eigenvalue weighted by Crippen LogP contribution is 2.49. The monoisotopic (exact) mass is 322 g/mol. The van der Waals surface area contributed by atoms with Crippen LogP contribution in [-0.4, -0.2) is 37.7 Å². The van der Waals surface area contributed by atoms with Crippen molar-refractivity contribution < 1.29 is 24.4 Å². The molecule has 1 saturated carbocycles. The molecule has 2 N–H and O–H groups in total. The molecule has 128 valence electrons. The third-order valence-corrected chi connectivity index (χ3v) is 5.99. The second-order valence-electron chi connectivity index (χ2n) is 7.69. The summed E-state index contributed by atoms with van der Waals surface area (Å²) in [5.74, 6) is -0.637. The standard InChI is InChI=1S/C18H27NO4/c1-18(2,13-6-8-19-9-7-13)23-17(21)15-12-5-4-11(10-12)14(15)16(20)22-3/h4-5,11-15,19H,6-10H2,1-3H3/p+1. The van der Waals surface area contributed by atoms with Crippen LogP contribution in [0.4, 0.5) is 0 Å². The van der Waals surface area contributed by atoms with Crippen LogP contribution in [0, 0.1) is 29.6 Å². The average molecular weight is 322 g/mol. The zero-order valence-corrected chi connectivity index (χ0v) is 14.3. The van der Waals surface area contributed by atoms with Crippen LogP contribution in [0.3, 0.4) is 0 Å². The molecule has 5 heteroatoms. The van der Waals surface area contributed by atoms with Gasteiger partial charge in [0.2, 0.25) is 0 Å². The van der Waals surface area contributed by atoms with Crippen LogP contribution in [0.15, 0.2) is 12.2 Å². The normalized spacial score (nSPS) is 33.7. The number of carbonyl (C=O) groups excluding carboxylic acids is 2. The van der Waals surface area contributed by atoms with Gasteiger partial charge < -0.3 is 14.8 Å². The van der Waals surface area contributed by atoms with Crippen molar-refractivity contribution in [2.24, 2.45) is 29.6 Å². The van der Waals surface area contributed by atoms with Gasteiger partial charge in [-0.25, -0.2) is 0 Å². The van der Waals surface area contributed by atoms with E-state index in [1.54, 1.807) is 0 Å². The Bertz CT molecular complexity index is 507. The van der Waals surface area contributed by atoms with Crippen LogP contribution in [0.25, 0.3) is 0 Å². The molecule has 1 aliphatic heterocycles. The number of methoxy groups -OCH3 is 1. The second-order valence-corrected chi connectivity index (χ2v) is 7.69. The van der Waals surface area contributed by atoms with E-state index in [-0.39, 0.29) is 35.6 Å². The minimum absolute atomic E-state index is 0.118. The summed E-state index contributed by atoms with van der Waals surface area (Å²) in [6, 6.07) is 0. The Balaban J connectivity index is 1.71. The predicted octanol–water partition coefficient (Wildman–Crippen LogP) is 0.893. The first-order valence-electron chi connectivity index (χ1n) is 8.74. The quantitative estimate of drug-likeness (QED) is 0.616. The first-order chi connectivity index (χ1) is 10.9. The Morgan fingerprint density at radius 3 is 2.17 bits per heavy atom. The van der Waals surface area contributed by atoms with Crippen molar-refractivity contribution in [3.63, 3.8) is 0 Å². The molecule has 3 aliphatic rings. The molecule has 4 unspecified atom stereocenters. The van der Waals surface area contributed by atoms with Crippen LogP contribution in [0.1, 0.15) is 33.1 Å². The van der Waals surface area contributed by atoms with E-state index < -0.39 is 5.60 Å². The van der Waals surface area contributed by atoms with Crippen molar-refractivity contribution in [1.29, 1.82) is 0 Å². The van der Waals surface area contributed by atoms with Crippen LogP contribution in [0.2, 0.25) is 0 Å². The van der Waals surface area contributed by atoms with E-state index >= 15 is 0 Å². The van der Waals surface area contributed by atoms with E-state index in [4.69, 9.17) is 9.47 Å². The van der Waals surface area contributed by atoms with Gasteiger partial charge in [0.25, 0.3) is 0 Å². The van der Waals surface area contributed by atoms with Gasteiger partial charge in [-0.05, 0) is 32.1 Å². The lowest BCUT2D eigenvalue weighted by Crippen LogP contribution is -2.86. The van der Waals surface area contributed by atoms with Crippen molar-refractivity contribution in [2.45, 2.75) is 38.7 Å². The fourth-order valence-electron chi connectivity index (χ4n) is 4.63. The van der Waals surface area contributed by atoms with Crippen molar-refractivity contribution >= 4 is 11.9 Å². The number of hydrogen-bond acceptors (Lipinski definition) is 4. The molecule has 0 aromatic heterocycles. The molecule has 2 fully saturated rings. The molecule has 0 aromatic rings. The Labute approximate surface area is 137 Å². The Morgan fingerprint density at radius 2 is 1.61 bits per heavy atom. The lowest BCUT2D eigenvalue weighted by atomic mass is 9.81. The number of rotatable bonds is 4. The third-order valence-electron chi connectivity index (χ3n) is 5.99. The number of ether oxygens (including phenoxy) is 2.